The standard InChI is InChI=1S/C15H21N5O2S/c1-5-21-11(3)14-17-13(22-18-14)9-19(4)8-12-10(2)16-15-20(12)6-7-23-15/h6-7,11H,5,8-9H2,1-4H3/t11-/m1/s1. The van der Waals surface area contributed by atoms with Crippen molar-refractivity contribution in [1.29, 1.82) is 0 Å². The fourth-order valence-electron chi connectivity index (χ4n) is 2.50. The van der Waals surface area contributed by atoms with Gasteiger partial charge in [-0.25, -0.2) is 4.98 Å². The Morgan fingerprint density at radius 3 is 3.00 bits per heavy atom. The van der Waals surface area contributed by atoms with E-state index in [0.29, 0.717) is 24.9 Å². The highest BCUT2D eigenvalue weighted by Gasteiger charge is 2.17. The minimum absolute atomic E-state index is 0.148. The highest BCUT2D eigenvalue weighted by molar-refractivity contribution is 7.15. The minimum atomic E-state index is -0.148. The Labute approximate surface area is 138 Å². The van der Waals surface area contributed by atoms with Gasteiger partial charge in [-0.2, -0.15) is 4.98 Å². The number of nitrogens with zero attached hydrogens (tertiary/aromatic N) is 5. The number of ether oxygens (including phenoxy) is 1. The zero-order valence-electron chi connectivity index (χ0n) is 13.8. The van der Waals surface area contributed by atoms with Crippen molar-refractivity contribution in [3.05, 3.63) is 34.7 Å². The molecule has 0 amide bonds. The van der Waals surface area contributed by atoms with E-state index in [2.05, 4.69) is 30.6 Å². The fraction of sp³-hybridized carbons (Fsp3) is 0.533. The number of aromatic nitrogens is 4. The lowest BCUT2D eigenvalue weighted by Crippen LogP contribution is -2.19. The Bertz CT molecular complexity index is 778. The van der Waals surface area contributed by atoms with Gasteiger partial charge >= 0.3 is 0 Å². The summed E-state index contributed by atoms with van der Waals surface area (Å²) in [6.45, 7) is 7.89. The van der Waals surface area contributed by atoms with Crippen LogP contribution in [-0.4, -0.2) is 38.1 Å². The molecule has 3 aromatic rings. The molecule has 7 nitrogen and oxygen atoms in total. The SMILES string of the molecule is CCO[C@H](C)c1noc(CN(C)Cc2c(C)nc3sccn23)n1. The lowest BCUT2D eigenvalue weighted by atomic mass is 10.3. The van der Waals surface area contributed by atoms with Crippen LogP contribution in [-0.2, 0) is 17.8 Å². The maximum atomic E-state index is 5.48. The van der Waals surface area contributed by atoms with Crippen LogP contribution in [0.4, 0.5) is 0 Å². The lowest BCUT2D eigenvalue weighted by Gasteiger charge is -2.14. The van der Waals surface area contributed by atoms with E-state index in [9.17, 15) is 0 Å². The zero-order valence-corrected chi connectivity index (χ0v) is 14.6. The minimum Gasteiger partial charge on any atom is -0.371 e. The topological polar surface area (TPSA) is 68.7 Å². The molecule has 3 rings (SSSR count). The summed E-state index contributed by atoms with van der Waals surface area (Å²) >= 11 is 1.64. The predicted molar refractivity (Wildman–Crippen MR) is 87.3 cm³/mol. The third-order valence-corrected chi connectivity index (χ3v) is 4.41. The summed E-state index contributed by atoms with van der Waals surface area (Å²) in [5.74, 6) is 1.19. The van der Waals surface area contributed by atoms with E-state index in [1.54, 1.807) is 11.3 Å². The molecule has 0 aliphatic rings. The fourth-order valence-corrected chi connectivity index (χ4v) is 3.27. The van der Waals surface area contributed by atoms with Crippen LogP contribution in [0.2, 0.25) is 0 Å². The van der Waals surface area contributed by atoms with Gasteiger partial charge in [-0.3, -0.25) is 9.30 Å². The average Bonchev–Trinajstić information content (AvgIpc) is 3.19. The monoisotopic (exact) mass is 335 g/mol. The third kappa shape index (κ3) is 3.44. The molecule has 0 spiro atoms. The summed E-state index contributed by atoms with van der Waals surface area (Å²) in [5.41, 5.74) is 2.24. The second-order valence-electron chi connectivity index (χ2n) is 5.52. The molecule has 0 N–H and O–H groups in total. The van der Waals surface area contributed by atoms with Crippen molar-refractivity contribution in [2.45, 2.75) is 40.0 Å². The molecule has 3 aromatic heterocycles. The van der Waals surface area contributed by atoms with Crippen LogP contribution in [0, 0.1) is 6.92 Å². The number of thiazole rings is 1. The van der Waals surface area contributed by atoms with E-state index in [0.717, 1.165) is 17.2 Å². The molecule has 0 aromatic carbocycles. The van der Waals surface area contributed by atoms with Gasteiger partial charge in [0.15, 0.2) is 10.8 Å². The molecule has 3 heterocycles. The molecule has 0 saturated carbocycles. The first-order chi connectivity index (χ1) is 11.1. The van der Waals surface area contributed by atoms with Crippen molar-refractivity contribution >= 4 is 16.3 Å². The van der Waals surface area contributed by atoms with Gasteiger partial charge in [-0.1, -0.05) is 5.16 Å². The van der Waals surface area contributed by atoms with Crippen LogP contribution in [0.3, 0.4) is 0 Å². The molecule has 8 heteroatoms. The molecule has 0 aliphatic heterocycles. The summed E-state index contributed by atoms with van der Waals surface area (Å²) in [5, 5.41) is 6.04. The van der Waals surface area contributed by atoms with E-state index in [-0.39, 0.29) is 6.10 Å². The van der Waals surface area contributed by atoms with Gasteiger partial charge in [-0.15, -0.1) is 11.3 Å². The molecule has 0 radical (unpaired) electrons. The van der Waals surface area contributed by atoms with Crippen LogP contribution in [0.15, 0.2) is 16.1 Å². The molecule has 0 bridgehead atoms. The maximum Gasteiger partial charge on any atom is 0.240 e. The largest absolute Gasteiger partial charge is 0.371 e. The molecular formula is C15H21N5O2S. The first kappa shape index (κ1) is 16.1. The summed E-state index contributed by atoms with van der Waals surface area (Å²) in [7, 11) is 2.03. The van der Waals surface area contributed by atoms with Gasteiger partial charge in [0.05, 0.1) is 17.9 Å². The van der Waals surface area contributed by atoms with Crippen LogP contribution >= 0.6 is 11.3 Å². The van der Waals surface area contributed by atoms with Gasteiger partial charge < -0.3 is 9.26 Å². The van der Waals surface area contributed by atoms with Gasteiger partial charge in [-0.05, 0) is 27.8 Å². The smallest absolute Gasteiger partial charge is 0.240 e. The van der Waals surface area contributed by atoms with Crippen molar-refractivity contribution in [2.24, 2.45) is 0 Å². The summed E-state index contributed by atoms with van der Waals surface area (Å²) < 4.78 is 12.9. The molecule has 124 valence electrons. The Hall–Kier alpha value is -1.77. The van der Waals surface area contributed by atoms with Gasteiger partial charge in [0.1, 0.15) is 6.10 Å². The van der Waals surface area contributed by atoms with Crippen LogP contribution < -0.4 is 0 Å². The summed E-state index contributed by atoms with van der Waals surface area (Å²) in [6.07, 6.45) is 1.91. The van der Waals surface area contributed by atoms with Gasteiger partial charge in [0.25, 0.3) is 0 Å². The van der Waals surface area contributed by atoms with Gasteiger partial charge in [0.2, 0.25) is 5.89 Å². The quantitative estimate of drug-likeness (QED) is 0.661. The second-order valence-corrected chi connectivity index (χ2v) is 6.39. The number of hydrogen-bond donors (Lipinski definition) is 0. The lowest BCUT2D eigenvalue weighted by molar-refractivity contribution is 0.0683. The number of aryl methyl sites for hydroxylation is 1. The molecule has 0 unspecified atom stereocenters. The van der Waals surface area contributed by atoms with Crippen LogP contribution in [0.1, 0.15) is 43.1 Å². The first-order valence-corrected chi connectivity index (χ1v) is 8.50. The third-order valence-electron chi connectivity index (χ3n) is 3.65. The van der Waals surface area contributed by atoms with E-state index in [1.165, 1.54) is 5.69 Å². The van der Waals surface area contributed by atoms with Crippen molar-refractivity contribution in [2.75, 3.05) is 13.7 Å². The molecular weight excluding hydrogens is 314 g/mol. The van der Waals surface area contributed by atoms with Crippen molar-refractivity contribution in [3.8, 4) is 0 Å². The van der Waals surface area contributed by atoms with Crippen LogP contribution in [0.5, 0.6) is 0 Å². The van der Waals surface area contributed by atoms with Crippen molar-refractivity contribution in [3.63, 3.8) is 0 Å². The number of fused-ring (bicyclic) bond motifs is 1. The Balaban J connectivity index is 1.66. The second kappa shape index (κ2) is 6.77. The Kier molecular flexibility index (Phi) is 4.74. The van der Waals surface area contributed by atoms with E-state index >= 15 is 0 Å². The van der Waals surface area contributed by atoms with E-state index < -0.39 is 0 Å². The summed E-state index contributed by atoms with van der Waals surface area (Å²) in [4.78, 5) is 12.1. The highest BCUT2D eigenvalue weighted by atomic mass is 32.1. The Morgan fingerprint density at radius 1 is 1.39 bits per heavy atom. The number of imidazole rings is 1. The van der Waals surface area contributed by atoms with Crippen LogP contribution in [0.25, 0.3) is 4.96 Å². The molecule has 0 saturated heterocycles. The van der Waals surface area contributed by atoms with E-state index in [1.807, 2.05) is 33.2 Å². The highest BCUT2D eigenvalue weighted by Crippen LogP contribution is 2.19. The number of hydrogen-bond acceptors (Lipinski definition) is 7. The van der Waals surface area contributed by atoms with Crippen molar-refractivity contribution in [1.82, 2.24) is 24.4 Å². The normalized spacial score (nSPS) is 13.3. The maximum absolute atomic E-state index is 5.48. The number of rotatable bonds is 7. The van der Waals surface area contributed by atoms with Gasteiger partial charge in [0, 0.05) is 24.7 Å². The molecule has 0 fully saturated rings. The van der Waals surface area contributed by atoms with E-state index in [4.69, 9.17) is 9.26 Å². The van der Waals surface area contributed by atoms with Crippen molar-refractivity contribution < 1.29 is 9.26 Å². The first-order valence-electron chi connectivity index (χ1n) is 7.62. The zero-order chi connectivity index (χ0) is 16.4. The molecule has 0 aliphatic carbocycles. The predicted octanol–water partition coefficient (Wildman–Crippen LogP) is 2.82. The average molecular weight is 335 g/mol. The molecule has 23 heavy (non-hydrogen) atoms. The summed E-state index contributed by atoms with van der Waals surface area (Å²) in [6, 6.07) is 0. The Morgan fingerprint density at radius 2 is 2.22 bits per heavy atom. The molecule has 1 atom stereocenters.